The first-order chi connectivity index (χ1) is 13.1. The molecule has 4 aromatic rings. The number of imidazole rings is 1. The number of carbonyl (C=O) groups is 1. The molecule has 0 atom stereocenters. The monoisotopic (exact) mass is 361 g/mol. The summed E-state index contributed by atoms with van der Waals surface area (Å²) in [5, 5.41) is 10.1. The van der Waals surface area contributed by atoms with E-state index in [0.717, 1.165) is 29.1 Å². The summed E-state index contributed by atoms with van der Waals surface area (Å²) in [6.07, 6.45) is 1.63. The normalized spacial score (nSPS) is 11.0. The van der Waals surface area contributed by atoms with E-state index >= 15 is 0 Å². The van der Waals surface area contributed by atoms with Crippen LogP contribution in [0.4, 0.5) is 0 Å². The molecule has 0 saturated carbocycles. The van der Waals surface area contributed by atoms with E-state index in [9.17, 15) is 9.90 Å². The van der Waals surface area contributed by atoms with Gasteiger partial charge in [0.2, 0.25) is 0 Å². The quantitative estimate of drug-likeness (QED) is 0.527. The predicted molar refractivity (Wildman–Crippen MR) is 103 cm³/mol. The molecule has 0 bridgehead atoms. The van der Waals surface area contributed by atoms with Gasteiger partial charge in [0.25, 0.3) is 0 Å². The van der Waals surface area contributed by atoms with Crippen molar-refractivity contribution < 1.29 is 14.6 Å². The number of phenolic OH excluding ortho intramolecular Hbond substituents is 1. The summed E-state index contributed by atoms with van der Waals surface area (Å²) in [4.78, 5) is 20.7. The van der Waals surface area contributed by atoms with E-state index in [1.807, 2.05) is 24.3 Å². The number of aromatic hydroxyl groups is 1. The minimum atomic E-state index is -0.284. The summed E-state index contributed by atoms with van der Waals surface area (Å²) in [7, 11) is 1.52. The third-order valence-corrected chi connectivity index (χ3v) is 4.61. The molecule has 0 unspecified atom stereocenters. The van der Waals surface area contributed by atoms with Crippen LogP contribution < -0.4 is 4.74 Å². The van der Waals surface area contributed by atoms with E-state index in [0.29, 0.717) is 11.3 Å². The third-order valence-electron chi connectivity index (χ3n) is 4.61. The fraction of sp³-hybridized carbons (Fsp3) is 0.143. The topological polar surface area (TPSA) is 80.1 Å². The summed E-state index contributed by atoms with van der Waals surface area (Å²) in [6, 6.07) is 14.3. The summed E-state index contributed by atoms with van der Waals surface area (Å²) in [6.45, 7) is 2.82. The molecule has 0 spiro atoms. The van der Waals surface area contributed by atoms with Crippen molar-refractivity contribution in [1.82, 2.24) is 14.5 Å². The largest absolute Gasteiger partial charge is 0.507 e. The number of hydrogen-bond donors (Lipinski definition) is 2. The molecule has 27 heavy (non-hydrogen) atoms. The lowest BCUT2D eigenvalue weighted by atomic mass is 10.0. The van der Waals surface area contributed by atoms with Crippen LogP contribution in [0, 0.1) is 0 Å². The van der Waals surface area contributed by atoms with Crippen LogP contribution >= 0.6 is 0 Å². The number of para-hydroxylation sites is 2. The maximum absolute atomic E-state index is 12.8. The van der Waals surface area contributed by atoms with Gasteiger partial charge in [0.1, 0.15) is 11.5 Å². The first kappa shape index (κ1) is 16.9. The lowest BCUT2D eigenvalue weighted by Gasteiger charge is -2.05. The van der Waals surface area contributed by atoms with Crippen LogP contribution in [0.15, 0.2) is 54.7 Å². The van der Waals surface area contributed by atoms with Gasteiger partial charge in [-0.3, -0.25) is 4.79 Å². The van der Waals surface area contributed by atoms with Gasteiger partial charge in [0.05, 0.1) is 29.4 Å². The number of hydrogen-bond acceptors (Lipinski definition) is 4. The van der Waals surface area contributed by atoms with Gasteiger partial charge in [0, 0.05) is 18.3 Å². The van der Waals surface area contributed by atoms with Gasteiger partial charge in [-0.05, 0) is 43.3 Å². The van der Waals surface area contributed by atoms with Crippen molar-refractivity contribution in [3.05, 3.63) is 65.9 Å². The summed E-state index contributed by atoms with van der Waals surface area (Å²) < 4.78 is 7.25. The Hall–Kier alpha value is -3.54. The Morgan fingerprint density at radius 3 is 2.81 bits per heavy atom. The number of rotatable bonds is 5. The fourth-order valence-electron chi connectivity index (χ4n) is 3.24. The van der Waals surface area contributed by atoms with E-state index in [1.54, 1.807) is 18.3 Å². The minimum absolute atomic E-state index is 0.0793. The molecule has 0 amide bonds. The molecule has 0 saturated heterocycles. The van der Waals surface area contributed by atoms with E-state index in [4.69, 9.17) is 9.72 Å². The third kappa shape index (κ3) is 2.85. The van der Waals surface area contributed by atoms with Crippen LogP contribution in [-0.4, -0.2) is 32.5 Å². The molecule has 0 fully saturated rings. The van der Waals surface area contributed by atoms with Crippen molar-refractivity contribution in [3.8, 4) is 23.0 Å². The average Bonchev–Trinajstić information content (AvgIpc) is 3.32. The molecule has 2 aromatic heterocycles. The summed E-state index contributed by atoms with van der Waals surface area (Å²) in [5.41, 5.74) is 3.34. The molecule has 6 nitrogen and oxygen atoms in total. The number of methoxy groups -OCH3 is 1. The van der Waals surface area contributed by atoms with Crippen molar-refractivity contribution in [2.24, 2.45) is 0 Å². The fourth-order valence-corrected chi connectivity index (χ4v) is 3.24. The van der Waals surface area contributed by atoms with Crippen molar-refractivity contribution in [3.63, 3.8) is 0 Å². The van der Waals surface area contributed by atoms with Gasteiger partial charge in [-0.1, -0.05) is 12.1 Å². The number of aromatic nitrogens is 3. The Balaban J connectivity index is 1.75. The molecule has 136 valence electrons. The Morgan fingerprint density at radius 1 is 1.22 bits per heavy atom. The van der Waals surface area contributed by atoms with E-state index in [2.05, 4.69) is 16.5 Å². The van der Waals surface area contributed by atoms with Crippen molar-refractivity contribution in [2.75, 3.05) is 7.11 Å². The maximum Gasteiger partial charge on any atom is 0.198 e. The van der Waals surface area contributed by atoms with Crippen molar-refractivity contribution >= 4 is 16.8 Å². The minimum Gasteiger partial charge on any atom is -0.507 e. The lowest BCUT2D eigenvalue weighted by Crippen LogP contribution is -2.01. The van der Waals surface area contributed by atoms with Gasteiger partial charge in [0.15, 0.2) is 11.6 Å². The number of benzene rings is 2. The first-order valence-electron chi connectivity index (χ1n) is 8.68. The van der Waals surface area contributed by atoms with Crippen LogP contribution in [0.2, 0.25) is 0 Å². The van der Waals surface area contributed by atoms with Gasteiger partial charge < -0.3 is 19.4 Å². The summed E-state index contributed by atoms with van der Waals surface area (Å²) >= 11 is 0. The maximum atomic E-state index is 12.8. The smallest absolute Gasteiger partial charge is 0.198 e. The molecule has 0 aliphatic heterocycles. The standard InChI is InChI=1S/C21H19N3O3/c1-3-24-18-7-5-4-6-16(18)23-21(24)17-10-13(12-22-17)20(26)15-11-14(27-2)8-9-19(15)25/h4-12,22,25H,3H2,1-2H3. The molecule has 4 rings (SSSR count). The number of aromatic amines is 1. The van der Waals surface area contributed by atoms with Crippen LogP contribution in [0.25, 0.3) is 22.6 Å². The second-order valence-electron chi connectivity index (χ2n) is 6.18. The van der Waals surface area contributed by atoms with Crippen molar-refractivity contribution in [1.29, 1.82) is 0 Å². The number of ketones is 1. The molecule has 6 heteroatoms. The van der Waals surface area contributed by atoms with Crippen molar-refractivity contribution in [2.45, 2.75) is 13.5 Å². The number of fused-ring (bicyclic) bond motifs is 1. The lowest BCUT2D eigenvalue weighted by molar-refractivity contribution is 0.103. The highest BCUT2D eigenvalue weighted by Crippen LogP contribution is 2.28. The zero-order chi connectivity index (χ0) is 19.0. The highest BCUT2D eigenvalue weighted by atomic mass is 16.5. The second kappa shape index (κ2) is 6.64. The molecule has 2 heterocycles. The van der Waals surface area contributed by atoms with Gasteiger partial charge in [-0.25, -0.2) is 4.98 Å². The Morgan fingerprint density at radius 2 is 2.04 bits per heavy atom. The number of H-pyrrole nitrogens is 1. The molecule has 0 aliphatic carbocycles. The van der Waals surface area contributed by atoms with Gasteiger partial charge in [-0.15, -0.1) is 0 Å². The molecule has 2 aromatic carbocycles. The van der Waals surface area contributed by atoms with Gasteiger partial charge >= 0.3 is 0 Å². The van der Waals surface area contributed by atoms with Crippen LogP contribution in [0.5, 0.6) is 11.5 Å². The molecular weight excluding hydrogens is 342 g/mol. The zero-order valence-electron chi connectivity index (χ0n) is 15.1. The number of phenols is 1. The van der Waals surface area contributed by atoms with E-state index in [1.165, 1.54) is 19.2 Å². The number of nitrogens with one attached hydrogen (secondary N) is 1. The Labute approximate surface area is 156 Å². The van der Waals surface area contributed by atoms with Gasteiger partial charge in [-0.2, -0.15) is 0 Å². The first-order valence-corrected chi connectivity index (χ1v) is 8.68. The summed E-state index contributed by atoms with van der Waals surface area (Å²) in [5.74, 6) is 0.921. The number of aryl methyl sites for hydroxylation is 1. The Kier molecular flexibility index (Phi) is 4.16. The van der Waals surface area contributed by atoms with Crippen LogP contribution in [0.1, 0.15) is 22.8 Å². The number of ether oxygens (including phenoxy) is 1. The van der Waals surface area contributed by atoms with Crippen LogP contribution in [0.3, 0.4) is 0 Å². The molecule has 2 N–H and O–H groups in total. The average molecular weight is 361 g/mol. The molecule has 0 radical (unpaired) electrons. The zero-order valence-corrected chi connectivity index (χ0v) is 15.1. The SMILES string of the molecule is CCn1c(-c2cc(C(=O)c3cc(OC)ccc3O)c[nH]2)nc2ccccc21. The second-order valence-corrected chi connectivity index (χ2v) is 6.18. The molecular formula is C21H19N3O3. The van der Waals surface area contributed by atoms with E-state index < -0.39 is 0 Å². The van der Waals surface area contributed by atoms with E-state index in [-0.39, 0.29) is 17.1 Å². The highest BCUT2D eigenvalue weighted by Gasteiger charge is 2.19. The Bertz CT molecular complexity index is 1140. The highest BCUT2D eigenvalue weighted by molar-refractivity contribution is 6.11. The molecule has 0 aliphatic rings. The number of carbonyl (C=O) groups excluding carboxylic acids is 1. The van der Waals surface area contributed by atoms with Crippen LogP contribution in [-0.2, 0) is 6.54 Å². The number of nitrogens with zero attached hydrogens (tertiary/aromatic N) is 2. The predicted octanol–water partition coefficient (Wildman–Crippen LogP) is 4.00.